The van der Waals surface area contributed by atoms with E-state index in [-0.39, 0.29) is 28.4 Å². The first kappa shape index (κ1) is 25.1. The van der Waals surface area contributed by atoms with Crippen molar-refractivity contribution in [1.29, 1.82) is 0 Å². The largest absolute Gasteiger partial charge is 0.481 e. The van der Waals surface area contributed by atoms with E-state index in [9.17, 15) is 24.6 Å². The van der Waals surface area contributed by atoms with Crippen LogP contribution in [0.1, 0.15) is 67.7 Å². The molecule has 2 N–H and O–H groups in total. The van der Waals surface area contributed by atoms with Crippen molar-refractivity contribution >= 4 is 33.7 Å². The molecule has 6 heteroatoms. The third-order valence-corrected chi connectivity index (χ3v) is 6.58. The van der Waals surface area contributed by atoms with Gasteiger partial charge in [0.2, 0.25) is 0 Å². The molecule has 0 heterocycles. The molecule has 26 heavy (non-hydrogen) atoms. The minimum atomic E-state index is -0.922. The molecule has 6 atom stereocenters. The van der Waals surface area contributed by atoms with Gasteiger partial charge in [0, 0.05) is 10.2 Å². The molecule has 6 unspecified atom stereocenters. The molecule has 0 radical (unpaired) electrons. The molecule has 0 aliphatic heterocycles. The number of halogens is 1. The summed E-state index contributed by atoms with van der Waals surface area (Å²) in [5.41, 5.74) is -0.735. The van der Waals surface area contributed by atoms with Crippen molar-refractivity contribution in [3.63, 3.8) is 0 Å². The second kappa shape index (κ2) is 10.4. The molecular formula is C20H35BrO5. The fourth-order valence-corrected chi connectivity index (χ4v) is 4.21. The predicted octanol–water partition coefficient (Wildman–Crippen LogP) is 4.87. The Morgan fingerprint density at radius 1 is 0.962 bits per heavy atom. The number of carbonyl (C=O) groups excluding carboxylic acids is 1. The summed E-state index contributed by atoms with van der Waals surface area (Å²) in [7, 11) is 0. The van der Waals surface area contributed by atoms with E-state index in [0.717, 1.165) is 0 Å². The average molecular weight is 435 g/mol. The fraction of sp³-hybridized carbons (Fsp3) is 0.850. The standard InChI is InChI=1S/C20H35BrO5/c1-8-15(17(19(25)26)10-12(3)21)11(2)9-16(18(23)24)13(4)20(6,7)14(5)22/h11-13,15-17H,8-10H2,1-7H3,(H,23,24)(H,25,26). The van der Waals surface area contributed by atoms with Crippen LogP contribution < -0.4 is 0 Å². The first-order chi connectivity index (χ1) is 11.8. The predicted molar refractivity (Wildman–Crippen MR) is 106 cm³/mol. The van der Waals surface area contributed by atoms with Crippen LogP contribution in [0.4, 0.5) is 0 Å². The van der Waals surface area contributed by atoms with Crippen LogP contribution in [0.2, 0.25) is 0 Å². The second-order valence-corrected chi connectivity index (χ2v) is 9.82. The van der Waals surface area contributed by atoms with Gasteiger partial charge in [-0.15, -0.1) is 0 Å². The van der Waals surface area contributed by atoms with Gasteiger partial charge < -0.3 is 10.2 Å². The molecule has 0 saturated heterocycles. The van der Waals surface area contributed by atoms with Crippen molar-refractivity contribution in [2.24, 2.45) is 35.0 Å². The van der Waals surface area contributed by atoms with Crippen LogP contribution in [0.15, 0.2) is 0 Å². The molecule has 0 amide bonds. The highest BCUT2D eigenvalue weighted by Gasteiger charge is 2.41. The lowest BCUT2D eigenvalue weighted by Crippen LogP contribution is -2.39. The maximum atomic E-state index is 12.0. The number of aliphatic carboxylic acids is 2. The highest BCUT2D eigenvalue weighted by atomic mass is 79.9. The lowest BCUT2D eigenvalue weighted by atomic mass is 9.66. The van der Waals surface area contributed by atoms with E-state index in [2.05, 4.69) is 15.9 Å². The molecular weight excluding hydrogens is 400 g/mol. The van der Waals surface area contributed by atoms with E-state index in [4.69, 9.17) is 0 Å². The molecule has 0 spiro atoms. The number of ketones is 1. The molecule has 0 saturated carbocycles. The number of rotatable bonds is 12. The molecule has 5 nitrogen and oxygen atoms in total. The summed E-state index contributed by atoms with van der Waals surface area (Å²) >= 11 is 3.43. The lowest BCUT2D eigenvalue weighted by molar-refractivity contribution is -0.148. The van der Waals surface area contributed by atoms with E-state index in [1.54, 1.807) is 13.8 Å². The van der Waals surface area contributed by atoms with E-state index in [1.165, 1.54) is 6.92 Å². The van der Waals surface area contributed by atoms with Gasteiger partial charge >= 0.3 is 11.9 Å². The Kier molecular flexibility index (Phi) is 10.1. The number of carbonyl (C=O) groups is 3. The topological polar surface area (TPSA) is 91.7 Å². The third kappa shape index (κ3) is 6.67. The quantitative estimate of drug-likeness (QED) is 0.427. The smallest absolute Gasteiger partial charge is 0.306 e. The van der Waals surface area contributed by atoms with Crippen LogP contribution in [0, 0.1) is 35.0 Å². The van der Waals surface area contributed by atoms with Crippen molar-refractivity contribution in [3.8, 4) is 0 Å². The number of hydrogen-bond donors (Lipinski definition) is 2. The van der Waals surface area contributed by atoms with Crippen LogP contribution in [-0.4, -0.2) is 32.8 Å². The maximum Gasteiger partial charge on any atom is 0.306 e. The first-order valence-corrected chi connectivity index (χ1v) is 10.3. The monoisotopic (exact) mass is 434 g/mol. The summed E-state index contributed by atoms with van der Waals surface area (Å²) in [6, 6.07) is 0. The van der Waals surface area contributed by atoms with Crippen LogP contribution in [0.25, 0.3) is 0 Å². The molecule has 152 valence electrons. The van der Waals surface area contributed by atoms with Crippen LogP contribution in [0.3, 0.4) is 0 Å². The van der Waals surface area contributed by atoms with Crippen molar-refractivity contribution in [2.45, 2.75) is 72.6 Å². The van der Waals surface area contributed by atoms with E-state index >= 15 is 0 Å². The summed E-state index contributed by atoms with van der Waals surface area (Å²) in [5, 5.41) is 19.4. The summed E-state index contributed by atoms with van der Waals surface area (Å²) in [5.74, 6) is -3.51. The molecule has 0 bridgehead atoms. The average Bonchev–Trinajstić information content (AvgIpc) is 2.50. The molecule has 0 aromatic heterocycles. The molecule has 0 aliphatic rings. The lowest BCUT2D eigenvalue weighted by Gasteiger charge is -2.37. The number of hydrogen-bond acceptors (Lipinski definition) is 3. The summed E-state index contributed by atoms with van der Waals surface area (Å²) in [4.78, 5) is 35.7. The minimum absolute atomic E-state index is 0.0347. The number of carboxylic acid groups (broad SMARTS) is 2. The van der Waals surface area contributed by atoms with Crippen LogP contribution in [-0.2, 0) is 14.4 Å². The van der Waals surface area contributed by atoms with Crippen molar-refractivity contribution in [3.05, 3.63) is 0 Å². The molecule has 0 rings (SSSR count). The summed E-state index contributed by atoms with van der Waals surface area (Å²) in [6.45, 7) is 12.7. The first-order valence-electron chi connectivity index (χ1n) is 9.37. The minimum Gasteiger partial charge on any atom is -0.481 e. The Bertz CT molecular complexity index is 500. The summed E-state index contributed by atoms with van der Waals surface area (Å²) in [6.07, 6.45) is 1.55. The van der Waals surface area contributed by atoms with Crippen molar-refractivity contribution < 1.29 is 24.6 Å². The van der Waals surface area contributed by atoms with Gasteiger partial charge in [-0.25, -0.2) is 0 Å². The zero-order valence-corrected chi connectivity index (χ0v) is 18.7. The maximum absolute atomic E-state index is 12.0. The Morgan fingerprint density at radius 2 is 1.42 bits per heavy atom. The van der Waals surface area contributed by atoms with Gasteiger partial charge in [-0.2, -0.15) is 0 Å². The number of alkyl halides is 1. The Hall–Kier alpha value is -0.910. The van der Waals surface area contributed by atoms with Gasteiger partial charge in [-0.1, -0.05) is 63.9 Å². The molecule has 0 aliphatic carbocycles. The normalized spacial score (nSPS) is 19.1. The summed E-state index contributed by atoms with van der Waals surface area (Å²) < 4.78 is 0. The second-order valence-electron chi connectivity index (χ2n) is 8.26. The van der Waals surface area contributed by atoms with Gasteiger partial charge in [0.15, 0.2) is 0 Å². The van der Waals surface area contributed by atoms with Gasteiger partial charge in [0.25, 0.3) is 0 Å². The molecule has 0 aromatic rings. The Morgan fingerprint density at radius 3 is 1.73 bits per heavy atom. The molecule has 0 aromatic carbocycles. The number of carboxylic acids is 2. The van der Waals surface area contributed by atoms with Crippen LogP contribution >= 0.6 is 15.9 Å². The van der Waals surface area contributed by atoms with E-state index < -0.39 is 29.2 Å². The van der Waals surface area contributed by atoms with Crippen molar-refractivity contribution in [1.82, 2.24) is 0 Å². The van der Waals surface area contributed by atoms with Crippen molar-refractivity contribution in [2.75, 3.05) is 0 Å². The van der Waals surface area contributed by atoms with Gasteiger partial charge in [0.1, 0.15) is 5.78 Å². The highest BCUT2D eigenvalue weighted by Crippen LogP contribution is 2.40. The molecule has 0 fully saturated rings. The Balaban J connectivity index is 5.52. The van der Waals surface area contributed by atoms with E-state index in [1.807, 2.05) is 27.7 Å². The number of Topliss-reactive ketones (excluding diaryl/α,β-unsaturated/α-hetero) is 1. The SMILES string of the molecule is CCC(C(C)CC(C(=O)O)C(C)C(C)(C)C(C)=O)C(CC(C)Br)C(=O)O. The third-order valence-electron chi connectivity index (χ3n) is 6.21. The van der Waals surface area contributed by atoms with Gasteiger partial charge in [-0.05, 0) is 37.5 Å². The van der Waals surface area contributed by atoms with Crippen LogP contribution in [0.5, 0.6) is 0 Å². The fourth-order valence-electron chi connectivity index (χ4n) is 3.81. The van der Waals surface area contributed by atoms with E-state index in [0.29, 0.717) is 19.3 Å². The zero-order valence-electron chi connectivity index (χ0n) is 17.1. The van der Waals surface area contributed by atoms with Gasteiger partial charge in [-0.3, -0.25) is 14.4 Å². The Labute approximate surface area is 166 Å². The van der Waals surface area contributed by atoms with Gasteiger partial charge in [0.05, 0.1) is 11.8 Å². The zero-order chi connectivity index (χ0) is 20.8. The highest BCUT2D eigenvalue weighted by molar-refractivity contribution is 9.09.